The number of carbonyl (C=O) groups excluding carboxylic acids is 2. The zero-order valence-electron chi connectivity index (χ0n) is 21.6. The predicted octanol–water partition coefficient (Wildman–Crippen LogP) is 4.21. The average molecular weight is 515 g/mol. The summed E-state index contributed by atoms with van der Waals surface area (Å²) in [6, 6.07) is 7.10. The Bertz CT molecular complexity index is 1100. The first kappa shape index (κ1) is 27.0. The summed E-state index contributed by atoms with van der Waals surface area (Å²) in [7, 11) is 0. The number of nitrogens with zero attached hydrogens (tertiary/aromatic N) is 3. The van der Waals surface area contributed by atoms with Crippen molar-refractivity contribution in [2.75, 3.05) is 32.8 Å². The van der Waals surface area contributed by atoms with Gasteiger partial charge in [-0.1, -0.05) is 6.07 Å². The number of carbonyl (C=O) groups is 2. The van der Waals surface area contributed by atoms with E-state index in [1.807, 2.05) is 0 Å². The minimum Gasteiger partial charge on any atom is -0.477 e. The van der Waals surface area contributed by atoms with E-state index >= 15 is 0 Å². The van der Waals surface area contributed by atoms with Crippen molar-refractivity contribution in [3.63, 3.8) is 0 Å². The van der Waals surface area contributed by atoms with E-state index in [0.29, 0.717) is 49.0 Å². The number of piperidine rings is 2. The fourth-order valence-electron chi connectivity index (χ4n) is 5.19. The van der Waals surface area contributed by atoms with Gasteiger partial charge in [0.05, 0.1) is 6.61 Å². The third kappa shape index (κ3) is 7.03. The highest BCUT2D eigenvalue weighted by atomic mass is 19.1. The second-order valence-electron chi connectivity index (χ2n) is 10.7. The van der Waals surface area contributed by atoms with Crippen LogP contribution < -0.4 is 10.5 Å². The molecule has 0 saturated carbocycles. The second kappa shape index (κ2) is 11.5. The van der Waals surface area contributed by atoms with E-state index in [0.717, 1.165) is 38.8 Å². The highest BCUT2D eigenvalue weighted by Gasteiger charge is 2.31. The average Bonchev–Trinajstić information content (AvgIpc) is 2.87. The zero-order valence-corrected chi connectivity index (χ0v) is 21.6. The minimum atomic E-state index is -1.19. The number of benzene rings is 1. The smallest absolute Gasteiger partial charge is 0.254 e. The van der Waals surface area contributed by atoms with Crippen molar-refractivity contribution in [1.29, 1.82) is 0 Å². The molecule has 2 amide bonds. The SMILES string of the molecule is CC(C)(F)CN1CCC(COc2ccc(-c3ccc(C(=O)N4CCCC[C@H]4C(N)=O)cc3F)cn2)CC1. The predicted molar refractivity (Wildman–Crippen MR) is 137 cm³/mol. The number of pyridine rings is 1. The molecule has 4 rings (SSSR count). The van der Waals surface area contributed by atoms with Gasteiger partial charge in [-0.05, 0) is 83.2 Å². The molecule has 0 unspecified atom stereocenters. The number of halogens is 2. The summed E-state index contributed by atoms with van der Waals surface area (Å²) < 4.78 is 34.7. The van der Waals surface area contributed by atoms with Crippen molar-refractivity contribution < 1.29 is 23.1 Å². The molecule has 9 heteroatoms. The maximum absolute atomic E-state index is 15.0. The molecule has 37 heavy (non-hydrogen) atoms. The molecule has 7 nitrogen and oxygen atoms in total. The van der Waals surface area contributed by atoms with Crippen LogP contribution in [0.1, 0.15) is 56.3 Å². The first-order valence-electron chi connectivity index (χ1n) is 13.0. The van der Waals surface area contributed by atoms with Gasteiger partial charge in [0.1, 0.15) is 17.5 Å². The van der Waals surface area contributed by atoms with Crippen LogP contribution in [0.5, 0.6) is 5.88 Å². The molecule has 0 radical (unpaired) electrons. The third-order valence-corrected chi connectivity index (χ3v) is 7.13. The molecule has 2 saturated heterocycles. The minimum absolute atomic E-state index is 0.184. The Morgan fingerprint density at radius 3 is 2.49 bits per heavy atom. The molecule has 2 N–H and O–H groups in total. The van der Waals surface area contributed by atoms with Crippen LogP contribution >= 0.6 is 0 Å². The Morgan fingerprint density at radius 1 is 1.11 bits per heavy atom. The molecule has 2 aliphatic heterocycles. The van der Waals surface area contributed by atoms with Gasteiger partial charge in [-0.15, -0.1) is 0 Å². The van der Waals surface area contributed by atoms with Gasteiger partial charge < -0.3 is 20.3 Å². The van der Waals surface area contributed by atoms with Gasteiger partial charge >= 0.3 is 0 Å². The lowest BCUT2D eigenvalue weighted by atomic mass is 9.97. The largest absolute Gasteiger partial charge is 0.477 e. The molecule has 2 aromatic rings. The Labute approximate surface area is 217 Å². The van der Waals surface area contributed by atoms with Crippen molar-refractivity contribution in [2.45, 2.75) is 57.7 Å². The maximum atomic E-state index is 15.0. The van der Waals surface area contributed by atoms with E-state index in [4.69, 9.17) is 10.5 Å². The second-order valence-corrected chi connectivity index (χ2v) is 10.7. The van der Waals surface area contributed by atoms with Crippen LogP contribution in [0.15, 0.2) is 36.5 Å². The number of hydrogen-bond acceptors (Lipinski definition) is 5. The molecule has 200 valence electrons. The lowest BCUT2D eigenvalue weighted by molar-refractivity contribution is -0.123. The van der Waals surface area contributed by atoms with E-state index in [-0.39, 0.29) is 5.56 Å². The van der Waals surface area contributed by atoms with Crippen LogP contribution in [0, 0.1) is 11.7 Å². The van der Waals surface area contributed by atoms with E-state index in [1.165, 1.54) is 11.0 Å². The number of likely N-dealkylation sites (tertiary alicyclic amines) is 2. The summed E-state index contributed by atoms with van der Waals surface area (Å²) in [6.07, 6.45) is 5.58. The van der Waals surface area contributed by atoms with Crippen molar-refractivity contribution in [1.82, 2.24) is 14.8 Å². The summed E-state index contributed by atoms with van der Waals surface area (Å²) in [5, 5.41) is 0. The first-order chi connectivity index (χ1) is 17.6. The molecule has 2 aliphatic rings. The Kier molecular flexibility index (Phi) is 8.42. The summed E-state index contributed by atoms with van der Waals surface area (Å²) in [4.78, 5) is 32.6. The zero-order chi connectivity index (χ0) is 26.6. The maximum Gasteiger partial charge on any atom is 0.254 e. The van der Waals surface area contributed by atoms with Crippen LogP contribution in [0.3, 0.4) is 0 Å². The molecule has 0 bridgehead atoms. The lowest BCUT2D eigenvalue weighted by Gasteiger charge is -2.34. The number of primary amides is 1. The topological polar surface area (TPSA) is 88.8 Å². The van der Waals surface area contributed by atoms with Gasteiger partial charge in [-0.3, -0.25) is 9.59 Å². The van der Waals surface area contributed by atoms with Gasteiger partial charge in [-0.2, -0.15) is 0 Å². The fourth-order valence-corrected chi connectivity index (χ4v) is 5.19. The highest BCUT2D eigenvalue weighted by molar-refractivity contribution is 5.97. The molecule has 0 aliphatic carbocycles. The van der Waals surface area contributed by atoms with E-state index < -0.39 is 29.3 Å². The Morgan fingerprint density at radius 2 is 1.86 bits per heavy atom. The van der Waals surface area contributed by atoms with E-state index in [1.54, 1.807) is 44.3 Å². The third-order valence-electron chi connectivity index (χ3n) is 7.13. The number of rotatable bonds is 8. The van der Waals surface area contributed by atoms with Gasteiger partial charge in [0.2, 0.25) is 11.8 Å². The van der Waals surface area contributed by atoms with Crippen LogP contribution in [0.4, 0.5) is 8.78 Å². The molecule has 1 aromatic carbocycles. The highest BCUT2D eigenvalue weighted by Crippen LogP contribution is 2.27. The summed E-state index contributed by atoms with van der Waals surface area (Å²) in [6.45, 7) is 6.32. The molecule has 3 heterocycles. The number of nitrogens with two attached hydrogens (primary N) is 1. The van der Waals surface area contributed by atoms with Crippen LogP contribution in [-0.4, -0.2) is 71.1 Å². The van der Waals surface area contributed by atoms with Gasteiger partial charge in [0.15, 0.2) is 0 Å². The molecule has 2 fully saturated rings. The fraction of sp³-hybridized carbons (Fsp3) is 0.536. The van der Waals surface area contributed by atoms with Crippen LogP contribution in [-0.2, 0) is 4.79 Å². The molecule has 1 atom stereocenters. The summed E-state index contributed by atoms with van der Waals surface area (Å²) in [5.41, 5.74) is 5.35. The number of alkyl halides is 1. The number of amides is 2. The van der Waals surface area contributed by atoms with E-state index in [9.17, 15) is 18.4 Å². The number of ether oxygens (including phenoxy) is 1. The molecule has 0 spiro atoms. The monoisotopic (exact) mass is 514 g/mol. The van der Waals surface area contributed by atoms with E-state index in [2.05, 4.69) is 9.88 Å². The van der Waals surface area contributed by atoms with Gasteiger partial charge in [0.25, 0.3) is 5.91 Å². The lowest BCUT2D eigenvalue weighted by Crippen LogP contribution is -2.50. The molecular formula is C28H36F2N4O3. The standard InChI is InChI=1S/C28H36F2N4O3/c1-28(2,30)18-33-13-10-19(11-14-33)17-37-25-9-7-21(16-32-25)22-8-6-20(15-23(22)29)27(36)34-12-4-3-5-24(34)26(31)35/h6-9,15-16,19,24H,3-5,10-14,17-18H2,1-2H3,(H2,31,35)/t24-/m0/s1. The molecular weight excluding hydrogens is 478 g/mol. The normalized spacial score (nSPS) is 19.6. The van der Waals surface area contributed by atoms with Crippen molar-refractivity contribution in [3.8, 4) is 17.0 Å². The van der Waals surface area contributed by atoms with Gasteiger partial charge in [-0.25, -0.2) is 13.8 Å². The quantitative estimate of drug-likeness (QED) is 0.570. The summed E-state index contributed by atoms with van der Waals surface area (Å²) in [5.74, 6) is -0.625. The first-order valence-corrected chi connectivity index (χ1v) is 13.0. The number of aromatic nitrogens is 1. The van der Waals surface area contributed by atoms with Crippen molar-refractivity contribution in [3.05, 3.63) is 47.9 Å². The van der Waals surface area contributed by atoms with Crippen molar-refractivity contribution >= 4 is 11.8 Å². The van der Waals surface area contributed by atoms with Gasteiger partial charge in [0, 0.05) is 42.0 Å². The number of hydrogen-bond donors (Lipinski definition) is 1. The Balaban J connectivity index is 1.33. The molecule has 1 aromatic heterocycles. The summed E-state index contributed by atoms with van der Waals surface area (Å²) >= 11 is 0. The Hall–Kier alpha value is -3.07. The van der Waals surface area contributed by atoms with Crippen LogP contribution in [0.2, 0.25) is 0 Å². The van der Waals surface area contributed by atoms with Crippen LogP contribution in [0.25, 0.3) is 11.1 Å². The van der Waals surface area contributed by atoms with Crippen molar-refractivity contribution in [2.24, 2.45) is 11.7 Å².